The molecule has 0 spiro atoms. The third-order valence-corrected chi connectivity index (χ3v) is 5.91. The van der Waals surface area contributed by atoms with Crippen LogP contribution in [0.3, 0.4) is 0 Å². The number of aliphatic hydroxyl groups is 2. The second-order valence-electron chi connectivity index (χ2n) is 8.12. The van der Waals surface area contributed by atoms with Gasteiger partial charge in [-0.1, -0.05) is 91.0 Å². The van der Waals surface area contributed by atoms with Crippen molar-refractivity contribution in [2.24, 2.45) is 5.92 Å². The highest BCUT2D eigenvalue weighted by molar-refractivity contribution is 5.16. The summed E-state index contributed by atoms with van der Waals surface area (Å²) in [6.07, 6.45) is -2.53. The van der Waals surface area contributed by atoms with Crippen LogP contribution in [0.5, 0.6) is 0 Å². The van der Waals surface area contributed by atoms with E-state index in [2.05, 4.69) is 0 Å². The van der Waals surface area contributed by atoms with E-state index >= 15 is 0 Å². The second kappa shape index (κ2) is 11.4. The minimum atomic E-state index is -0.898. The van der Waals surface area contributed by atoms with Gasteiger partial charge in [0, 0.05) is 5.92 Å². The van der Waals surface area contributed by atoms with Crippen LogP contribution >= 0.6 is 0 Å². The lowest BCUT2D eigenvalue weighted by Crippen LogP contribution is -2.38. The number of hydrogen-bond acceptors (Lipinski definition) is 5. The van der Waals surface area contributed by atoms with Crippen molar-refractivity contribution >= 4 is 0 Å². The summed E-state index contributed by atoms with van der Waals surface area (Å²) in [7, 11) is 0. The van der Waals surface area contributed by atoms with Crippen molar-refractivity contribution in [2.45, 2.75) is 44.2 Å². The fourth-order valence-corrected chi connectivity index (χ4v) is 4.18. The molecule has 1 aliphatic rings. The summed E-state index contributed by atoms with van der Waals surface area (Å²) in [5, 5.41) is 21.1. The van der Waals surface area contributed by atoms with Crippen LogP contribution in [0.4, 0.5) is 0 Å². The highest BCUT2D eigenvalue weighted by Crippen LogP contribution is 2.35. The van der Waals surface area contributed by atoms with Crippen LogP contribution in [0.2, 0.25) is 0 Å². The zero-order chi connectivity index (χ0) is 22.2. The number of benzene rings is 3. The summed E-state index contributed by atoms with van der Waals surface area (Å²) >= 11 is 0. The average Bonchev–Trinajstić information content (AvgIpc) is 3.11. The van der Waals surface area contributed by atoms with E-state index in [1.54, 1.807) is 0 Å². The van der Waals surface area contributed by atoms with Crippen molar-refractivity contribution in [1.82, 2.24) is 0 Å². The molecule has 5 atom stereocenters. The Morgan fingerprint density at radius 1 is 0.531 bits per heavy atom. The van der Waals surface area contributed by atoms with Gasteiger partial charge >= 0.3 is 0 Å². The van der Waals surface area contributed by atoms with Gasteiger partial charge in [-0.25, -0.2) is 0 Å². The monoisotopic (exact) mass is 434 g/mol. The quantitative estimate of drug-likeness (QED) is 0.509. The van der Waals surface area contributed by atoms with Crippen LogP contribution in [0, 0.1) is 5.92 Å². The SMILES string of the molecule is OC[C@H]1[C@H](O)[C@H](OCc2ccccc2)[C@@H](OCc2ccccc2)[C@@H]1OCc1ccccc1. The van der Waals surface area contributed by atoms with Crippen molar-refractivity contribution < 1.29 is 24.4 Å². The van der Waals surface area contributed by atoms with E-state index in [-0.39, 0.29) is 6.61 Å². The highest BCUT2D eigenvalue weighted by atomic mass is 16.6. The number of hydrogen-bond donors (Lipinski definition) is 2. The molecule has 4 rings (SSSR count). The van der Waals surface area contributed by atoms with Gasteiger partial charge in [-0.3, -0.25) is 0 Å². The first-order chi connectivity index (χ1) is 15.8. The lowest BCUT2D eigenvalue weighted by molar-refractivity contribution is -0.134. The van der Waals surface area contributed by atoms with Gasteiger partial charge in [0.25, 0.3) is 0 Å². The maximum atomic E-state index is 11.0. The largest absolute Gasteiger partial charge is 0.396 e. The van der Waals surface area contributed by atoms with Gasteiger partial charge in [-0.05, 0) is 16.7 Å². The van der Waals surface area contributed by atoms with Gasteiger partial charge in [0.2, 0.25) is 0 Å². The van der Waals surface area contributed by atoms with Gasteiger partial charge in [0.15, 0.2) is 0 Å². The third kappa shape index (κ3) is 5.63. The lowest BCUT2D eigenvalue weighted by Gasteiger charge is -2.27. The predicted molar refractivity (Wildman–Crippen MR) is 122 cm³/mol. The molecule has 0 aromatic heterocycles. The summed E-state index contributed by atoms with van der Waals surface area (Å²) in [6, 6.07) is 29.6. The number of aliphatic hydroxyl groups excluding tert-OH is 2. The van der Waals surface area contributed by atoms with Crippen LogP contribution in [0.1, 0.15) is 16.7 Å². The Hall–Kier alpha value is -2.54. The Kier molecular flexibility index (Phi) is 8.04. The molecule has 168 valence electrons. The molecular formula is C27H30O5. The van der Waals surface area contributed by atoms with Gasteiger partial charge < -0.3 is 24.4 Å². The van der Waals surface area contributed by atoms with Crippen molar-refractivity contribution in [1.29, 1.82) is 0 Å². The van der Waals surface area contributed by atoms with Gasteiger partial charge in [-0.2, -0.15) is 0 Å². The Morgan fingerprint density at radius 2 is 0.906 bits per heavy atom. The highest BCUT2D eigenvalue weighted by Gasteiger charge is 2.52. The van der Waals surface area contributed by atoms with Crippen LogP contribution < -0.4 is 0 Å². The van der Waals surface area contributed by atoms with E-state index in [1.165, 1.54) is 0 Å². The van der Waals surface area contributed by atoms with Crippen LogP contribution in [0.15, 0.2) is 91.0 Å². The number of rotatable bonds is 10. The normalized spacial score (nSPS) is 25.1. The van der Waals surface area contributed by atoms with Crippen LogP contribution in [0.25, 0.3) is 0 Å². The molecule has 0 heterocycles. The maximum Gasteiger partial charge on any atom is 0.113 e. The zero-order valence-corrected chi connectivity index (χ0v) is 18.0. The van der Waals surface area contributed by atoms with E-state index in [0.29, 0.717) is 19.8 Å². The molecule has 1 saturated carbocycles. The van der Waals surface area contributed by atoms with Crippen molar-refractivity contribution in [3.05, 3.63) is 108 Å². The van der Waals surface area contributed by atoms with Crippen molar-refractivity contribution in [2.75, 3.05) is 6.61 Å². The van der Waals surface area contributed by atoms with Crippen LogP contribution in [-0.2, 0) is 34.0 Å². The maximum absolute atomic E-state index is 11.0. The topological polar surface area (TPSA) is 68.2 Å². The standard InChI is InChI=1S/C27H30O5/c28-16-23-24(29)26(31-18-21-12-6-2-7-13-21)27(32-19-22-14-8-3-9-15-22)25(23)30-17-20-10-4-1-5-11-20/h1-15,23-29H,16-19H2/t23-,24-,25+,26-,27-/m0/s1. The third-order valence-electron chi connectivity index (χ3n) is 5.91. The molecule has 0 unspecified atom stereocenters. The summed E-state index contributed by atoms with van der Waals surface area (Å²) in [6.45, 7) is 0.867. The van der Waals surface area contributed by atoms with E-state index in [4.69, 9.17) is 14.2 Å². The molecule has 5 heteroatoms. The summed E-state index contributed by atoms with van der Waals surface area (Å²) in [5.41, 5.74) is 3.06. The summed E-state index contributed by atoms with van der Waals surface area (Å²) in [4.78, 5) is 0. The first kappa shape index (κ1) is 22.6. The number of ether oxygens (including phenoxy) is 3. The minimum Gasteiger partial charge on any atom is -0.396 e. The first-order valence-corrected chi connectivity index (χ1v) is 11.0. The molecule has 3 aromatic carbocycles. The smallest absolute Gasteiger partial charge is 0.113 e. The molecule has 5 nitrogen and oxygen atoms in total. The molecule has 0 saturated heterocycles. The predicted octanol–water partition coefficient (Wildman–Crippen LogP) is 3.73. The average molecular weight is 435 g/mol. The summed E-state index contributed by atoms with van der Waals surface area (Å²) in [5.74, 6) is -0.500. The van der Waals surface area contributed by atoms with E-state index in [9.17, 15) is 10.2 Å². The van der Waals surface area contributed by atoms with Gasteiger partial charge in [-0.15, -0.1) is 0 Å². The zero-order valence-electron chi connectivity index (χ0n) is 18.0. The Morgan fingerprint density at radius 3 is 1.31 bits per heavy atom. The second-order valence-corrected chi connectivity index (χ2v) is 8.12. The molecule has 0 aliphatic heterocycles. The molecule has 1 fully saturated rings. The molecule has 32 heavy (non-hydrogen) atoms. The molecule has 1 aliphatic carbocycles. The van der Waals surface area contributed by atoms with Crippen molar-refractivity contribution in [3.8, 4) is 0 Å². The van der Waals surface area contributed by atoms with Crippen molar-refractivity contribution in [3.63, 3.8) is 0 Å². The molecular weight excluding hydrogens is 404 g/mol. The Balaban J connectivity index is 1.51. The molecule has 2 N–H and O–H groups in total. The molecule has 0 radical (unpaired) electrons. The van der Waals surface area contributed by atoms with Crippen LogP contribution in [-0.4, -0.2) is 41.2 Å². The Labute approximate surface area is 189 Å². The van der Waals surface area contributed by atoms with Gasteiger partial charge in [0.1, 0.15) is 12.2 Å². The minimum absolute atomic E-state index is 0.211. The Bertz CT molecular complexity index is 919. The molecule has 0 amide bonds. The summed E-state index contributed by atoms with van der Waals surface area (Å²) < 4.78 is 18.6. The first-order valence-electron chi connectivity index (χ1n) is 11.0. The molecule has 0 bridgehead atoms. The lowest BCUT2D eigenvalue weighted by atomic mass is 10.0. The van der Waals surface area contributed by atoms with Gasteiger partial charge in [0.05, 0.1) is 38.6 Å². The fourth-order valence-electron chi connectivity index (χ4n) is 4.18. The molecule has 3 aromatic rings. The fraction of sp³-hybridized carbons (Fsp3) is 0.333. The van der Waals surface area contributed by atoms with E-state index < -0.39 is 30.3 Å². The van der Waals surface area contributed by atoms with E-state index in [0.717, 1.165) is 16.7 Å². The van der Waals surface area contributed by atoms with E-state index in [1.807, 2.05) is 91.0 Å².